The molecule has 0 spiro atoms. The van der Waals surface area contributed by atoms with E-state index >= 15 is 0 Å². The molecule has 0 aliphatic carbocycles. The molecule has 0 saturated heterocycles. The molecular weight excluding hydrogens is 179 g/mol. The normalized spacial score (nSPS) is 9.57. The topological polar surface area (TPSA) is 51.2 Å². The van der Waals surface area contributed by atoms with Crippen LogP contribution in [0.2, 0.25) is 0 Å². The highest BCUT2D eigenvalue weighted by molar-refractivity contribution is 6.32. The van der Waals surface area contributed by atoms with E-state index in [-0.39, 0.29) is 11.8 Å². The second kappa shape index (κ2) is 4.65. The van der Waals surface area contributed by atoms with E-state index in [1.807, 2.05) is 6.92 Å². The number of methoxy groups -OCH3 is 1. The molecule has 1 amide bonds. The molecule has 2 radical (unpaired) electrons. The van der Waals surface area contributed by atoms with Crippen molar-refractivity contribution in [3.05, 3.63) is 17.8 Å². The molecule has 1 aromatic heterocycles. The average molecular weight is 190 g/mol. The number of nitrogens with one attached hydrogen (secondary N) is 1. The largest absolute Gasteiger partial charge is 0.480 e. The summed E-state index contributed by atoms with van der Waals surface area (Å²) in [7, 11) is 6.98. The smallest absolute Gasteiger partial charge is 0.256 e. The van der Waals surface area contributed by atoms with Crippen LogP contribution in [0.15, 0.2) is 12.3 Å². The van der Waals surface area contributed by atoms with Gasteiger partial charge in [-0.1, -0.05) is 5.46 Å². The van der Waals surface area contributed by atoms with E-state index in [0.29, 0.717) is 17.6 Å². The minimum absolute atomic E-state index is 0.232. The van der Waals surface area contributed by atoms with E-state index < -0.39 is 0 Å². The minimum Gasteiger partial charge on any atom is -0.480 e. The Morgan fingerprint density at radius 3 is 3.00 bits per heavy atom. The van der Waals surface area contributed by atoms with Crippen molar-refractivity contribution in [3.8, 4) is 5.88 Å². The third-order valence-electron chi connectivity index (χ3n) is 1.65. The van der Waals surface area contributed by atoms with Gasteiger partial charge in [0.25, 0.3) is 5.91 Å². The quantitative estimate of drug-likeness (QED) is 0.661. The molecule has 72 valence electrons. The number of ether oxygens (including phenoxy) is 1. The minimum atomic E-state index is -0.232. The number of aromatic nitrogens is 1. The van der Waals surface area contributed by atoms with Gasteiger partial charge in [-0.25, -0.2) is 4.98 Å². The molecule has 0 unspecified atom stereocenters. The van der Waals surface area contributed by atoms with Crippen molar-refractivity contribution in [2.24, 2.45) is 0 Å². The predicted octanol–water partition coefficient (Wildman–Crippen LogP) is -0.366. The van der Waals surface area contributed by atoms with E-state index in [0.717, 1.165) is 0 Å². The molecule has 14 heavy (non-hydrogen) atoms. The maximum atomic E-state index is 11.5. The summed E-state index contributed by atoms with van der Waals surface area (Å²) in [5, 5.41) is 2.65. The molecule has 1 N–H and O–H groups in total. The Hall–Kier alpha value is -1.52. The van der Waals surface area contributed by atoms with Gasteiger partial charge in [0.2, 0.25) is 5.88 Å². The first-order chi connectivity index (χ1) is 6.69. The number of rotatable bonds is 3. The van der Waals surface area contributed by atoms with Gasteiger partial charge < -0.3 is 10.1 Å². The summed E-state index contributed by atoms with van der Waals surface area (Å²) in [5.41, 5.74) is 0.793. The Labute approximate surface area is 84.1 Å². The van der Waals surface area contributed by atoms with Crippen LogP contribution in [0, 0.1) is 0 Å². The highest BCUT2D eigenvalue weighted by Gasteiger charge is 2.12. The van der Waals surface area contributed by atoms with Crippen LogP contribution in [0.25, 0.3) is 0 Å². The van der Waals surface area contributed by atoms with Gasteiger partial charge in [0, 0.05) is 12.7 Å². The predicted molar refractivity (Wildman–Crippen MR) is 54.2 cm³/mol. The van der Waals surface area contributed by atoms with E-state index in [1.54, 1.807) is 0 Å². The SMILES string of the molecule is [B]c1cnc(OC)c(C(=O)NCC)c1. The van der Waals surface area contributed by atoms with Crippen molar-refractivity contribution in [2.45, 2.75) is 6.92 Å². The molecule has 1 aromatic rings. The van der Waals surface area contributed by atoms with Crippen LogP contribution >= 0.6 is 0 Å². The van der Waals surface area contributed by atoms with Gasteiger partial charge in [0.05, 0.1) is 7.11 Å². The fraction of sp³-hybridized carbons (Fsp3) is 0.333. The fourth-order valence-electron chi connectivity index (χ4n) is 1.05. The lowest BCUT2D eigenvalue weighted by molar-refractivity contribution is 0.0952. The van der Waals surface area contributed by atoms with Gasteiger partial charge in [0.15, 0.2) is 0 Å². The van der Waals surface area contributed by atoms with Crippen molar-refractivity contribution in [1.29, 1.82) is 0 Å². The second-order valence-electron chi connectivity index (χ2n) is 2.68. The van der Waals surface area contributed by atoms with Gasteiger partial charge in [-0.15, -0.1) is 0 Å². The zero-order valence-electron chi connectivity index (χ0n) is 8.20. The summed E-state index contributed by atoms with van der Waals surface area (Å²) in [5.74, 6) is 0.0503. The number of carbonyl (C=O) groups excluding carboxylic acids is 1. The van der Waals surface area contributed by atoms with E-state index in [9.17, 15) is 4.79 Å². The summed E-state index contributed by atoms with van der Waals surface area (Å²) in [6, 6.07) is 1.54. The van der Waals surface area contributed by atoms with Crippen molar-refractivity contribution in [2.75, 3.05) is 13.7 Å². The standard InChI is InChI=1S/C9H11BN2O2/c1-3-11-8(13)7-4-6(10)5-12-9(7)14-2/h4-5H,3H2,1-2H3,(H,11,13). The third kappa shape index (κ3) is 2.25. The number of carbonyl (C=O) groups is 1. The molecule has 1 rings (SSSR count). The maximum absolute atomic E-state index is 11.5. The molecule has 1 heterocycles. The molecule has 0 fully saturated rings. The lowest BCUT2D eigenvalue weighted by atomic mass is 9.97. The number of nitrogens with zero attached hydrogens (tertiary/aromatic N) is 1. The monoisotopic (exact) mass is 190 g/mol. The lowest BCUT2D eigenvalue weighted by Gasteiger charge is -2.07. The maximum Gasteiger partial charge on any atom is 0.256 e. The third-order valence-corrected chi connectivity index (χ3v) is 1.65. The van der Waals surface area contributed by atoms with Gasteiger partial charge in [-0.2, -0.15) is 0 Å². The van der Waals surface area contributed by atoms with Crippen LogP contribution in [0.5, 0.6) is 5.88 Å². The highest BCUT2D eigenvalue weighted by Crippen LogP contribution is 2.11. The molecule has 0 atom stereocenters. The Kier molecular flexibility index (Phi) is 3.51. The number of hydrogen-bond donors (Lipinski definition) is 1. The second-order valence-corrected chi connectivity index (χ2v) is 2.68. The van der Waals surface area contributed by atoms with Crippen LogP contribution in [0.1, 0.15) is 17.3 Å². The van der Waals surface area contributed by atoms with Crippen LogP contribution < -0.4 is 15.5 Å². The van der Waals surface area contributed by atoms with E-state index in [1.165, 1.54) is 19.4 Å². The van der Waals surface area contributed by atoms with Gasteiger partial charge >= 0.3 is 0 Å². The Bertz CT molecular complexity index is 342. The van der Waals surface area contributed by atoms with Crippen LogP contribution in [-0.2, 0) is 0 Å². The average Bonchev–Trinajstić information content (AvgIpc) is 2.18. The van der Waals surface area contributed by atoms with Crippen LogP contribution in [-0.4, -0.2) is 32.4 Å². The number of amides is 1. The van der Waals surface area contributed by atoms with Crippen molar-refractivity contribution >= 4 is 19.2 Å². The van der Waals surface area contributed by atoms with E-state index in [4.69, 9.17) is 12.6 Å². The van der Waals surface area contributed by atoms with Gasteiger partial charge in [-0.3, -0.25) is 4.79 Å². The first-order valence-electron chi connectivity index (χ1n) is 4.26. The molecule has 4 nitrogen and oxygen atoms in total. The molecule has 0 aromatic carbocycles. The summed E-state index contributed by atoms with van der Waals surface area (Å²) >= 11 is 0. The zero-order valence-corrected chi connectivity index (χ0v) is 8.20. The van der Waals surface area contributed by atoms with Gasteiger partial charge in [-0.05, 0) is 13.0 Å². The zero-order chi connectivity index (χ0) is 10.6. The molecule has 0 bridgehead atoms. The van der Waals surface area contributed by atoms with Crippen molar-refractivity contribution < 1.29 is 9.53 Å². The lowest BCUT2D eigenvalue weighted by Crippen LogP contribution is -2.25. The Balaban J connectivity index is 3.03. The first kappa shape index (κ1) is 10.6. The molecule has 0 aliphatic heterocycles. The summed E-state index contributed by atoms with van der Waals surface area (Å²) < 4.78 is 4.94. The summed E-state index contributed by atoms with van der Waals surface area (Å²) in [6.07, 6.45) is 1.45. The first-order valence-corrected chi connectivity index (χ1v) is 4.26. The van der Waals surface area contributed by atoms with Crippen molar-refractivity contribution in [3.63, 3.8) is 0 Å². The molecule has 5 heteroatoms. The fourth-order valence-corrected chi connectivity index (χ4v) is 1.05. The summed E-state index contributed by atoms with van der Waals surface area (Å²) in [6.45, 7) is 2.39. The van der Waals surface area contributed by atoms with Gasteiger partial charge in [0.1, 0.15) is 13.4 Å². The Morgan fingerprint density at radius 2 is 2.43 bits per heavy atom. The van der Waals surface area contributed by atoms with Crippen LogP contribution in [0.4, 0.5) is 0 Å². The number of pyridine rings is 1. The molecular formula is C9H11BN2O2. The van der Waals surface area contributed by atoms with Crippen LogP contribution in [0.3, 0.4) is 0 Å². The number of hydrogen-bond acceptors (Lipinski definition) is 3. The summed E-state index contributed by atoms with van der Waals surface area (Å²) in [4.78, 5) is 15.4. The van der Waals surface area contributed by atoms with E-state index in [2.05, 4.69) is 10.3 Å². The highest BCUT2D eigenvalue weighted by atomic mass is 16.5. The Morgan fingerprint density at radius 1 is 1.71 bits per heavy atom. The molecule has 0 saturated carbocycles. The van der Waals surface area contributed by atoms with Crippen molar-refractivity contribution in [1.82, 2.24) is 10.3 Å². The molecule has 0 aliphatic rings.